The van der Waals surface area contributed by atoms with Crippen LogP contribution in [0.1, 0.15) is 35.2 Å². The highest BCUT2D eigenvalue weighted by Gasteiger charge is 2.56. The first kappa shape index (κ1) is 21.0. The molecule has 0 bridgehead atoms. The summed E-state index contributed by atoms with van der Waals surface area (Å²) >= 11 is 6.64. The van der Waals surface area contributed by atoms with Crippen LogP contribution in [0.3, 0.4) is 0 Å². The molecule has 6 rings (SSSR count). The molecule has 3 heterocycles. The van der Waals surface area contributed by atoms with Crippen LogP contribution in [-0.4, -0.2) is 39.7 Å². The highest BCUT2D eigenvalue weighted by Crippen LogP contribution is 2.49. The van der Waals surface area contributed by atoms with Crippen molar-refractivity contribution in [2.24, 2.45) is 0 Å². The molecule has 1 saturated heterocycles. The summed E-state index contributed by atoms with van der Waals surface area (Å²) in [5.41, 5.74) is 3.63. The standard InChI is InChI=1S/C28H24ClN3O2/c1-28-26-25(20-12-6-8-14-23(20)30-26)21(19-11-5-7-13-22(19)29)16-32(28)24(33)17-31(27(28)34)15-18-9-3-2-4-10-18/h2-14,21,30H,15-17H2,1H3/t21-,28+/m1/s1. The molecule has 2 atom stereocenters. The fourth-order valence-electron chi connectivity index (χ4n) is 5.65. The molecule has 0 aliphatic carbocycles. The molecule has 1 fully saturated rings. The summed E-state index contributed by atoms with van der Waals surface area (Å²) in [6.45, 7) is 2.74. The minimum atomic E-state index is -1.11. The number of carbonyl (C=O) groups excluding carboxylic acids is 2. The van der Waals surface area contributed by atoms with E-state index in [1.165, 1.54) is 0 Å². The number of fused-ring (bicyclic) bond motifs is 5. The van der Waals surface area contributed by atoms with E-state index in [1.807, 2.05) is 79.7 Å². The molecular formula is C28H24ClN3O2. The van der Waals surface area contributed by atoms with Gasteiger partial charge in [-0.25, -0.2) is 0 Å². The molecule has 0 spiro atoms. The number of para-hydroxylation sites is 1. The van der Waals surface area contributed by atoms with Crippen molar-refractivity contribution in [1.29, 1.82) is 0 Å². The van der Waals surface area contributed by atoms with Gasteiger partial charge in [-0.1, -0.05) is 78.3 Å². The van der Waals surface area contributed by atoms with Crippen molar-refractivity contribution in [1.82, 2.24) is 14.8 Å². The van der Waals surface area contributed by atoms with Gasteiger partial charge >= 0.3 is 0 Å². The number of nitrogens with one attached hydrogen (secondary N) is 1. The monoisotopic (exact) mass is 469 g/mol. The van der Waals surface area contributed by atoms with Crippen LogP contribution in [-0.2, 0) is 21.7 Å². The number of nitrogens with zero attached hydrogens (tertiary/aromatic N) is 2. The molecule has 0 saturated carbocycles. The summed E-state index contributed by atoms with van der Waals surface area (Å²) in [5, 5.41) is 1.72. The Bertz CT molecular complexity index is 1430. The van der Waals surface area contributed by atoms with E-state index < -0.39 is 5.54 Å². The lowest BCUT2D eigenvalue weighted by atomic mass is 9.76. The van der Waals surface area contributed by atoms with Gasteiger partial charge in [0.05, 0.1) is 5.69 Å². The Hall–Kier alpha value is -3.57. The molecule has 4 aromatic rings. The van der Waals surface area contributed by atoms with Gasteiger partial charge in [0.2, 0.25) is 5.91 Å². The predicted octanol–water partition coefficient (Wildman–Crippen LogP) is 5.05. The Morgan fingerprint density at radius 1 is 0.971 bits per heavy atom. The van der Waals surface area contributed by atoms with Gasteiger partial charge in [0.15, 0.2) is 5.54 Å². The Labute approximate surface area is 202 Å². The summed E-state index contributed by atoms with van der Waals surface area (Å²) in [5.74, 6) is -0.258. The van der Waals surface area contributed by atoms with E-state index in [0.717, 1.165) is 33.3 Å². The predicted molar refractivity (Wildman–Crippen MR) is 133 cm³/mol. The van der Waals surface area contributed by atoms with Crippen LogP contribution in [0.15, 0.2) is 78.9 Å². The maximum Gasteiger partial charge on any atom is 0.255 e. The SMILES string of the molecule is C[C@]12C(=O)N(Cc3ccccc3)CC(=O)N1C[C@H](c1ccccc1Cl)c1c2[nH]c2ccccc12. The largest absolute Gasteiger partial charge is 0.356 e. The first-order valence-corrected chi connectivity index (χ1v) is 11.9. The lowest BCUT2D eigenvalue weighted by Gasteiger charge is -2.51. The Morgan fingerprint density at radius 3 is 2.47 bits per heavy atom. The van der Waals surface area contributed by atoms with Gasteiger partial charge in [-0.05, 0) is 35.7 Å². The van der Waals surface area contributed by atoms with Crippen molar-refractivity contribution in [3.8, 4) is 0 Å². The van der Waals surface area contributed by atoms with E-state index >= 15 is 0 Å². The van der Waals surface area contributed by atoms with E-state index in [0.29, 0.717) is 18.1 Å². The number of hydrogen-bond acceptors (Lipinski definition) is 2. The van der Waals surface area contributed by atoms with Crippen LogP contribution >= 0.6 is 11.6 Å². The first-order chi connectivity index (χ1) is 16.5. The number of amides is 2. The average Bonchev–Trinajstić information content (AvgIpc) is 3.25. The second kappa shape index (κ2) is 7.74. The van der Waals surface area contributed by atoms with Crippen LogP contribution in [0.4, 0.5) is 0 Å². The van der Waals surface area contributed by atoms with Gasteiger partial charge in [-0.3, -0.25) is 9.59 Å². The molecule has 3 aromatic carbocycles. The van der Waals surface area contributed by atoms with Crippen LogP contribution < -0.4 is 0 Å². The maximum atomic E-state index is 14.1. The van der Waals surface area contributed by atoms with Crippen molar-refractivity contribution in [2.75, 3.05) is 13.1 Å². The highest BCUT2D eigenvalue weighted by molar-refractivity contribution is 6.31. The van der Waals surface area contributed by atoms with Crippen molar-refractivity contribution in [3.05, 3.63) is 106 Å². The maximum absolute atomic E-state index is 14.1. The fraction of sp³-hybridized carbons (Fsp3) is 0.214. The zero-order valence-electron chi connectivity index (χ0n) is 18.8. The molecule has 2 amide bonds. The molecule has 0 unspecified atom stereocenters. The second-order valence-corrected chi connectivity index (χ2v) is 9.66. The van der Waals surface area contributed by atoms with Gasteiger partial charge in [0.1, 0.15) is 6.54 Å². The second-order valence-electron chi connectivity index (χ2n) is 9.26. The molecule has 0 radical (unpaired) electrons. The number of piperazine rings is 1. The average molecular weight is 470 g/mol. The zero-order valence-corrected chi connectivity index (χ0v) is 19.5. The number of H-pyrrole nitrogens is 1. The number of aromatic nitrogens is 1. The molecule has 2 aliphatic rings. The zero-order chi connectivity index (χ0) is 23.4. The lowest BCUT2D eigenvalue weighted by Crippen LogP contribution is -2.67. The van der Waals surface area contributed by atoms with Crippen molar-refractivity contribution in [3.63, 3.8) is 0 Å². The normalized spacial score (nSPS) is 22.1. The molecule has 6 heteroatoms. The van der Waals surface area contributed by atoms with E-state index in [1.54, 1.807) is 9.80 Å². The van der Waals surface area contributed by atoms with Crippen LogP contribution in [0.25, 0.3) is 10.9 Å². The third kappa shape index (κ3) is 3.00. The van der Waals surface area contributed by atoms with Crippen LogP contribution in [0.2, 0.25) is 5.02 Å². The summed E-state index contributed by atoms with van der Waals surface area (Å²) in [4.78, 5) is 34.6. The number of hydrogen-bond donors (Lipinski definition) is 1. The summed E-state index contributed by atoms with van der Waals surface area (Å²) < 4.78 is 0. The molecule has 1 aromatic heterocycles. The van der Waals surface area contributed by atoms with Gasteiger partial charge < -0.3 is 14.8 Å². The summed E-state index contributed by atoms with van der Waals surface area (Å²) in [6.07, 6.45) is 0. The number of benzene rings is 3. The Balaban J connectivity index is 1.53. The topological polar surface area (TPSA) is 56.4 Å². The first-order valence-electron chi connectivity index (χ1n) is 11.5. The number of rotatable bonds is 3. The Kier molecular flexibility index (Phi) is 4.78. The van der Waals surface area contributed by atoms with Crippen LogP contribution in [0, 0.1) is 0 Å². The number of carbonyl (C=O) groups is 2. The van der Waals surface area contributed by atoms with E-state index in [-0.39, 0.29) is 24.3 Å². The third-order valence-corrected chi connectivity index (χ3v) is 7.66. The lowest BCUT2D eigenvalue weighted by molar-refractivity contribution is -0.166. The molecule has 5 nitrogen and oxygen atoms in total. The van der Waals surface area contributed by atoms with E-state index in [9.17, 15) is 9.59 Å². The summed E-state index contributed by atoms with van der Waals surface area (Å²) in [6, 6.07) is 25.6. The minimum absolute atomic E-state index is 0.0561. The summed E-state index contributed by atoms with van der Waals surface area (Å²) in [7, 11) is 0. The quantitative estimate of drug-likeness (QED) is 0.456. The molecule has 1 N–H and O–H groups in total. The van der Waals surface area contributed by atoms with Gasteiger partial charge in [0, 0.05) is 34.9 Å². The van der Waals surface area contributed by atoms with Crippen molar-refractivity contribution in [2.45, 2.75) is 24.9 Å². The molecular weight excluding hydrogens is 446 g/mol. The van der Waals surface area contributed by atoms with E-state index in [2.05, 4.69) is 11.1 Å². The highest BCUT2D eigenvalue weighted by atomic mass is 35.5. The number of aromatic amines is 1. The molecule has 170 valence electrons. The van der Waals surface area contributed by atoms with Gasteiger partial charge in [0.25, 0.3) is 5.91 Å². The minimum Gasteiger partial charge on any atom is -0.356 e. The van der Waals surface area contributed by atoms with Gasteiger partial charge in [-0.15, -0.1) is 0 Å². The van der Waals surface area contributed by atoms with Crippen molar-refractivity contribution >= 4 is 34.3 Å². The molecule has 2 aliphatic heterocycles. The Morgan fingerprint density at radius 2 is 1.68 bits per heavy atom. The fourth-order valence-corrected chi connectivity index (χ4v) is 5.91. The molecule has 34 heavy (non-hydrogen) atoms. The third-order valence-electron chi connectivity index (χ3n) is 7.31. The van der Waals surface area contributed by atoms with Crippen LogP contribution in [0.5, 0.6) is 0 Å². The number of halogens is 1. The van der Waals surface area contributed by atoms with Crippen molar-refractivity contribution < 1.29 is 9.59 Å². The smallest absolute Gasteiger partial charge is 0.255 e. The van der Waals surface area contributed by atoms with Gasteiger partial charge in [-0.2, -0.15) is 0 Å². The van der Waals surface area contributed by atoms with E-state index in [4.69, 9.17) is 11.6 Å².